The van der Waals surface area contributed by atoms with Gasteiger partial charge in [-0.05, 0) is 12.1 Å². The number of aliphatic hydroxyl groups is 1. The van der Waals surface area contributed by atoms with Crippen molar-refractivity contribution >= 4 is 23.4 Å². The Morgan fingerprint density at radius 3 is 2.67 bits per heavy atom. The Morgan fingerprint density at radius 2 is 2.13 bits per heavy atom. The van der Waals surface area contributed by atoms with Gasteiger partial charge in [-0.15, -0.1) is 11.8 Å². The molecular weight excluding hydrogens is 230 g/mol. The van der Waals surface area contributed by atoms with E-state index in [1.54, 1.807) is 17.8 Å². The topological polar surface area (TPSA) is 46.2 Å². The van der Waals surface area contributed by atoms with Crippen LogP contribution in [-0.4, -0.2) is 17.0 Å². The fraction of sp³-hybridized carbons (Fsp3) is 0.455. The van der Waals surface area contributed by atoms with E-state index < -0.39 is 6.04 Å². The summed E-state index contributed by atoms with van der Waals surface area (Å²) in [6.07, 6.45) is 0. The summed E-state index contributed by atoms with van der Waals surface area (Å²) in [5.41, 5.74) is 6.67. The zero-order valence-electron chi connectivity index (χ0n) is 8.90. The minimum absolute atomic E-state index is 0.0879. The van der Waals surface area contributed by atoms with Gasteiger partial charge in [0.15, 0.2) is 0 Å². The van der Waals surface area contributed by atoms with Crippen LogP contribution >= 0.6 is 23.4 Å². The fourth-order valence-corrected chi connectivity index (χ4v) is 2.75. The van der Waals surface area contributed by atoms with Crippen LogP contribution in [0.5, 0.6) is 0 Å². The zero-order valence-corrected chi connectivity index (χ0v) is 10.5. The van der Waals surface area contributed by atoms with Crippen molar-refractivity contribution in [3.05, 3.63) is 28.8 Å². The van der Waals surface area contributed by atoms with Crippen LogP contribution in [0.15, 0.2) is 23.1 Å². The number of halogens is 1. The lowest BCUT2D eigenvalue weighted by atomic mass is 10.1. The van der Waals surface area contributed by atoms with E-state index in [1.807, 2.05) is 12.1 Å². The fourth-order valence-electron chi connectivity index (χ4n) is 1.33. The van der Waals surface area contributed by atoms with Crippen LogP contribution in [0.2, 0.25) is 5.02 Å². The number of hydrogen-bond acceptors (Lipinski definition) is 3. The lowest BCUT2D eigenvalue weighted by Crippen LogP contribution is -2.16. The molecule has 1 aromatic rings. The molecule has 0 saturated carbocycles. The molecule has 0 unspecified atom stereocenters. The van der Waals surface area contributed by atoms with E-state index in [2.05, 4.69) is 13.8 Å². The van der Waals surface area contributed by atoms with Crippen molar-refractivity contribution < 1.29 is 5.11 Å². The van der Waals surface area contributed by atoms with Gasteiger partial charge in [0.2, 0.25) is 0 Å². The number of nitrogens with two attached hydrogens (primary N) is 1. The lowest BCUT2D eigenvalue weighted by molar-refractivity contribution is 0.267. The number of hydrogen-bond donors (Lipinski definition) is 2. The van der Waals surface area contributed by atoms with Gasteiger partial charge in [-0.2, -0.15) is 0 Å². The molecular formula is C11H16ClNOS. The predicted octanol–water partition coefficient (Wildman–Crippen LogP) is 2.83. The monoisotopic (exact) mass is 245 g/mol. The molecule has 0 aliphatic rings. The van der Waals surface area contributed by atoms with E-state index in [0.29, 0.717) is 10.3 Å². The molecule has 0 aliphatic heterocycles. The molecule has 0 radical (unpaired) electrons. The van der Waals surface area contributed by atoms with Crippen molar-refractivity contribution in [1.29, 1.82) is 0 Å². The number of rotatable bonds is 4. The predicted molar refractivity (Wildman–Crippen MR) is 66.5 cm³/mol. The second kappa shape index (κ2) is 5.75. The van der Waals surface area contributed by atoms with Gasteiger partial charge in [0.05, 0.1) is 12.6 Å². The first kappa shape index (κ1) is 12.8. The third-order valence-electron chi connectivity index (χ3n) is 1.94. The molecule has 1 aromatic carbocycles. The molecule has 0 saturated heterocycles. The van der Waals surface area contributed by atoms with Crippen LogP contribution in [0.4, 0.5) is 0 Å². The van der Waals surface area contributed by atoms with Crippen LogP contribution in [-0.2, 0) is 0 Å². The zero-order chi connectivity index (χ0) is 11.4. The van der Waals surface area contributed by atoms with Gasteiger partial charge in [-0.1, -0.05) is 31.5 Å². The summed E-state index contributed by atoms with van der Waals surface area (Å²) in [5.74, 6) is 0. The maximum absolute atomic E-state index is 9.08. The summed E-state index contributed by atoms with van der Waals surface area (Å²) in [5, 5.41) is 10.2. The summed E-state index contributed by atoms with van der Waals surface area (Å²) >= 11 is 7.79. The first-order valence-corrected chi connectivity index (χ1v) is 6.13. The van der Waals surface area contributed by atoms with Crippen molar-refractivity contribution in [2.75, 3.05) is 6.61 Å². The molecule has 84 valence electrons. The molecule has 4 heteroatoms. The number of benzene rings is 1. The van der Waals surface area contributed by atoms with E-state index in [9.17, 15) is 0 Å². The Labute approximate surface area is 99.8 Å². The first-order chi connectivity index (χ1) is 7.06. The SMILES string of the molecule is CC(C)Sc1cccc(Cl)c1[C@@H](N)CO. The van der Waals surface area contributed by atoms with E-state index in [4.69, 9.17) is 22.4 Å². The molecule has 15 heavy (non-hydrogen) atoms. The molecule has 1 rings (SSSR count). The van der Waals surface area contributed by atoms with Crippen LogP contribution in [0.25, 0.3) is 0 Å². The van der Waals surface area contributed by atoms with Crippen molar-refractivity contribution in [2.45, 2.75) is 30.0 Å². The van der Waals surface area contributed by atoms with Crippen molar-refractivity contribution in [2.24, 2.45) is 5.73 Å². The second-order valence-corrected chi connectivity index (χ2v) is 5.63. The Hall–Kier alpha value is -0.220. The van der Waals surface area contributed by atoms with Gasteiger partial charge in [0.1, 0.15) is 0 Å². The quantitative estimate of drug-likeness (QED) is 0.802. The molecule has 0 spiro atoms. The number of aliphatic hydroxyl groups excluding tert-OH is 1. The lowest BCUT2D eigenvalue weighted by Gasteiger charge is -2.16. The van der Waals surface area contributed by atoms with Crippen LogP contribution in [0, 0.1) is 0 Å². The normalized spacial score (nSPS) is 13.2. The maximum Gasteiger partial charge on any atom is 0.0625 e. The highest BCUT2D eigenvalue weighted by atomic mass is 35.5. The van der Waals surface area contributed by atoms with Crippen LogP contribution in [0.3, 0.4) is 0 Å². The second-order valence-electron chi connectivity index (χ2n) is 3.61. The third-order valence-corrected chi connectivity index (χ3v) is 3.35. The third kappa shape index (κ3) is 3.38. The van der Waals surface area contributed by atoms with Crippen LogP contribution in [0.1, 0.15) is 25.5 Å². The van der Waals surface area contributed by atoms with Gasteiger partial charge >= 0.3 is 0 Å². The molecule has 0 aromatic heterocycles. The largest absolute Gasteiger partial charge is 0.394 e. The van der Waals surface area contributed by atoms with Crippen molar-refractivity contribution in [3.63, 3.8) is 0 Å². The first-order valence-electron chi connectivity index (χ1n) is 4.87. The maximum atomic E-state index is 9.08. The Bertz CT molecular complexity index is 330. The number of thioether (sulfide) groups is 1. The Morgan fingerprint density at radius 1 is 1.47 bits per heavy atom. The minimum Gasteiger partial charge on any atom is -0.394 e. The van der Waals surface area contributed by atoms with E-state index in [0.717, 1.165) is 10.5 Å². The van der Waals surface area contributed by atoms with E-state index >= 15 is 0 Å². The van der Waals surface area contributed by atoms with Gasteiger partial charge in [-0.25, -0.2) is 0 Å². The molecule has 2 nitrogen and oxygen atoms in total. The highest BCUT2D eigenvalue weighted by Gasteiger charge is 2.15. The van der Waals surface area contributed by atoms with Gasteiger partial charge in [-0.3, -0.25) is 0 Å². The molecule has 0 amide bonds. The van der Waals surface area contributed by atoms with E-state index in [-0.39, 0.29) is 6.61 Å². The van der Waals surface area contributed by atoms with E-state index in [1.165, 1.54) is 0 Å². The average molecular weight is 246 g/mol. The van der Waals surface area contributed by atoms with Gasteiger partial charge in [0.25, 0.3) is 0 Å². The molecule has 0 heterocycles. The summed E-state index contributed by atoms with van der Waals surface area (Å²) in [4.78, 5) is 1.05. The van der Waals surface area contributed by atoms with Crippen molar-refractivity contribution in [1.82, 2.24) is 0 Å². The summed E-state index contributed by atoms with van der Waals surface area (Å²) in [6, 6.07) is 5.29. The highest BCUT2D eigenvalue weighted by molar-refractivity contribution is 8.00. The minimum atomic E-state index is -0.403. The molecule has 1 atom stereocenters. The molecule has 3 N–H and O–H groups in total. The average Bonchev–Trinajstić information content (AvgIpc) is 2.16. The molecule has 0 aliphatic carbocycles. The Balaban J connectivity index is 3.08. The van der Waals surface area contributed by atoms with Crippen LogP contribution < -0.4 is 5.73 Å². The standard InChI is InChI=1S/C11H16ClNOS/c1-7(2)15-10-5-3-4-8(12)11(10)9(13)6-14/h3-5,7,9,14H,6,13H2,1-2H3/t9-/m0/s1. The summed E-state index contributed by atoms with van der Waals surface area (Å²) in [7, 11) is 0. The van der Waals surface area contributed by atoms with Crippen molar-refractivity contribution in [3.8, 4) is 0 Å². The molecule has 0 fully saturated rings. The van der Waals surface area contributed by atoms with Gasteiger partial charge < -0.3 is 10.8 Å². The van der Waals surface area contributed by atoms with Gasteiger partial charge in [0, 0.05) is 20.7 Å². The smallest absolute Gasteiger partial charge is 0.0625 e. The summed E-state index contributed by atoms with van der Waals surface area (Å²) < 4.78 is 0. The summed E-state index contributed by atoms with van der Waals surface area (Å²) in [6.45, 7) is 4.13. The molecule has 0 bridgehead atoms. The highest BCUT2D eigenvalue weighted by Crippen LogP contribution is 2.34. The Kier molecular flexibility index (Phi) is 4.93.